The number of nitrogens with zero attached hydrogens (tertiary/aromatic N) is 2. The Kier molecular flexibility index (Phi) is 5.26. The summed E-state index contributed by atoms with van der Waals surface area (Å²) in [6, 6.07) is 4.40. The van der Waals surface area contributed by atoms with Crippen molar-refractivity contribution in [3.8, 4) is 0 Å². The number of benzene rings is 1. The van der Waals surface area contributed by atoms with E-state index in [1.54, 1.807) is 13.0 Å². The van der Waals surface area contributed by atoms with Crippen molar-refractivity contribution in [2.75, 3.05) is 31.5 Å². The summed E-state index contributed by atoms with van der Waals surface area (Å²) < 4.78 is 52.5. The van der Waals surface area contributed by atoms with Crippen molar-refractivity contribution >= 4 is 17.5 Å². The second-order valence-electron chi connectivity index (χ2n) is 8.60. The van der Waals surface area contributed by atoms with Crippen LogP contribution < -0.4 is 10.6 Å². The minimum Gasteiger partial charge on any atom is -0.341 e. The number of piperazine rings is 1. The molecule has 0 aromatic heterocycles. The van der Waals surface area contributed by atoms with Gasteiger partial charge in [0, 0.05) is 30.9 Å². The summed E-state index contributed by atoms with van der Waals surface area (Å²) in [6.45, 7) is 2.94. The molecule has 1 aromatic rings. The molecular formula is C20H24F4N4O2. The molecule has 2 unspecified atom stereocenters. The van der Waals surface area contributed by atoms with Crippen LogP contribution in [-0.4, -0.2) is 71.6 Å². The van der Waals surface area contributed by atoms with Crippen molar-refractivity contribution in [2.24, 2.45) is 0 Å². The number of anilines is 1. The molecule has 2 N–H and O–H groups in total. The van der Waals surface area contributed by atoms with Crippen molar-refractivity contribution in [3.05, 3.63) is 29.6 Å². The molecule has 1 aromatic carbocycles. The number of carbonyl (C=O) groups excluding carboxylic acids is 2. The van der Waals surface area contributed by atoms with Gasteiger partial charge in [0.05, 0.1) is 13.1 Å². The van der Waals surface area contributed by atoms with Gasteiger partial charge in [-0.15, -0.1) is 0 Å². The summed E-state index contributed by atoms with van der Waals surface area (Å²) in [5.74, 6) is -1.28. The van der Waals surface area contributed by atoms with E-state index in [1.807, 2.05) is 9.80 Å². The lowest BCUT2D eigenvalue weighted by atomic mass is 9.87. The van der Waals surface area contributed by atoms with Crippen LogP contribution in [0.25, 0.3) is 0 Å². The number of alkyl halides is 3. The molecule has 4 fully saturated rings. The summed E-state index contributed by atoms with van der Waals surface area (Å²) in [4.78, 5) is 28.3. The number of carbonyl (C=O) groups is 2. The number of aryl methyl sites for hydroxylation is 1. The van der Waals surface area contributed by atoms with E-state index < -0.39 is 23.4 Å². The number of halogens is 4. The van der Waals surface area contributed by atoms with E-state index in [0.717, 1.165) is 6.42 Å². The predicted octanol–water partition coefficient (Wildman–Crippen LogP) is 2.04. The number of nitrogens with one attached hydrogen (secondary N) is 2. The van der Waals surface area contributed by atoms with Crippen LogP contribution in [0.3, 0.4) is 0 Å². The van der Waals surface area contributed by atoms with Gasteiger partial charge < -0.3 is 10.6 Å². The minimum atomic E-state index is -4.42. The zero-order valence-electron chi connectivity index (χ0n) is 16.6. The quantitative estimate of drug-likeness (QED) is 0.681. The molecule has 6 nitrogen and oxygen atoms in total. The zero-order chi connectivity index (χ0) is 21.7. The third-order valence-corrected chi connectivity index (χ3v) is 6.11. The maximum atomic E-state index is 13.5. The normalized spacial score (nSPS) is 25.4. The molecule has 2 amide bonds. The summed E-state index contributed by atoms with van der Waals surface area (Å²) in [5.41, 5.74) is -0.933. The van der Waals surface area contributed by atoms with Gasteiger partial charge in [-0.1, -0.05) is 0 Å². The fraction of sp³-hybridized carbons (Fsp3) is 0.600. The summed E-state index contributed by atoms with van der Waals surface area (Å²) in [7, 11) is 0. The monoisotopic (exact) mass is 428 g/mol. The average molecular weight is 428 g/mol. The molecular weight excluding hydrogens is 404 g/mol. The van der Waals surface area contributed by atoms with Crippen molar-refractivity contribution < 1.29 is 27.2 Å². The molecule has 164 valence electrons. The Bertz CT molecular complexity index is 823. The first-order valence-corrected chi connectivity index (χ1v) is 9.97. The van der Waals surface area contributed by atoms with Crippen LogP contribution in [0.4, 0.5) is 23.2 Å². The smallest absolute Gasteiger partial charge is 0.341 e. The van der Waals surface area contributed by atoms with Crippen LogP contribution in [0.15, 0.2) is 18.2 Å². The number of amides is 2. The third kappa shape index (κ3) is 4.29. The van der Waals surface area contributed by atoms with Crippen LogP contribution in [0.2, 0.25) is 0 Å². The van der Waals surface area contributed by atoms with E-state index in [9.17, 15) is 27.2 Å². The van der Waals surface area contributed by atoms with Crippen molar-refractivity contribution in [1.82, 2.24) is 15.1 Å². The Morgan fingerprint density at radius 2 is 1.77 bits per heavy atom. The van der Waals surface area contributed by atoms with Crippen LogP contribution in [0, 0.1) is 12.7 Å². The molecule has 1 aliphatic carbocycles. The number of fused-ring (bicyclic) bond motifs is 2. The van der Waals surface area contributed by atoms with Gasteiger partial charge in [0.15, 0.2) is 0 Å². The molecule has 0 spiro atoms. The Morgan fingerprint density at radius 3 is 2.33 bits per heavy atom. The first-order chi connectivity index (χ1) is 14.0. The van der Waals surface area contributed by atoms with Gasteiger partial charge in [0.25, 0.3) is 0 Å². The van der Waals surface area contributed by atoms with Crippen LogP contribution >= 0.6 is 0 Å². The van der Waals surface area contributed by atoms with Crippen LogP contribution in [-0.2, 0) is 9.59 Å². The first-order valence-electron chi connectivity index (χ1n) is 9.97. The van der Waals surface area contributed by atoms with Crippen LogP contribution in [0.5, 0.6) is 0 Å². The number of hydrogen-bond acceptors (Lipinski definition) is 4. The molecule has 1 saturated carbocycles. The number of piperidine rings is 1. The second-order valence-corrected chi connectivity index (χ2v) is 8.60. The zero-order valence-corrected chi connectivity index (χ0v) is 16.6. The highest BCUT2D eigenvalue weighted by Gasteiger charge is 2.64. The summed E-state index contributed by atoms with van der Waals surface area (Å²) in [5, 5.41) is 4.85. The van der Waals surface area contributed by atoms with Crippen molar-refractivity contribution in [3.63, 3.8) is 0 Å². The molecule has 3 heterocycles. The van der Waals surface area contributed by atoms with E-state index in [2.05, 4.69) is 10.6 Å². The average Bonchev–Trinajstić information content (AvgIpc) is 3.39. The topological polar surface area (TPSA) is 64.7 Å². The molecule has 10 heteroatoms. The van der Waals surface area contributed by atoms with Gasteiger partial charge in [0.2, 0.25) is 11.8 Å². The molecule has 30 heavy (non-hydrogen) atoms. The lowest BCUT2D eigenvalue weighted by Crippen LogP contribution is -2.70. The van der Waals surface area contributed by atoms with Gasteiger partial charge in [-0.3, -0.25) is 19.4 Å². The van der Waals surface area contributed by atoms with E-state index in [1.165, 1.54) is 12.1 Å². The van der Waals surface area contributed by atoms with Gasteiger partial charge in [-0.05, 0) is 49.9 Å². The third-order valence-electron chi connectivity index (χ3n) is 6.11. The first kappa shape index (κ1) is 21.0. The number of hydrogen-bond donors (Lipinski definition) is 2. The maximum Gasteiger partial charge on any atom is 0.411 e. The van der Waals surface area contributed by atoms with Crippen LogP contribution in [0.1, 0.15) is 24.8 Å². The van der Waals surface area contributed by atoms with Gasteiger partial charge >= 0.3 is 6.18 Å². The molecule has 0 radical (unpaired) electrons. The van der Waals surface area contributed by atoms with Gasteiger partial charge in [-0.25, -0.2) is 4.39 Å². The van der Waals surface area contributed by atoms with E-state index >= 15 is 0 Å². The Labute approximate surface area is 171 Å². The predicted molar refractivity (Wildman–Crippen MR) is 101 cm³/mol. The highest BCUT2D eigenvalue weighted by atomic mass is 19.4. The van der Waals surface area contributed by atoms with E-state index in [0.29, 0.717) is 24.3 Å². The highest BCUT2D eigenvalue weighted by molar-refractivity contribution is 5.92. The Balaban J connectivity index is 1.24. The van der Waals surface area contributed by atoms with Gasteiger partial charge in [-0.2, -0.15) is 13.2 Å². The molecule has 2 atom stereocenters. The summed E-state index contributed by atoms with van der Waals surface area (Å²) in [6.07, 6.45) is -3.69. The largest absolute Gasteiger partial charge is 0.411 e. The van der Waals surface area contributed by atoms with Crippen molar-refractivity contribution in [1.29, 1.82) is 0 Å². The van der Waals surface area contributed by atoms with Gasteiger partial charge in [0.1, 0.15) is 11.4 Å². The number of rotatable bonds is 6. The fourth-order valence-corrected chi connectivity index (χ4v) is 4.45. The molecule has 3 aliphatic heterocycles. The second kappa shape index (κ2) is 7.49. The van der Waals surface area contributed by atoms with E-state index in [-0.39, 0.29) is 43.9 Å². The lowest BCUT2D eigenvalue weighted by Gasteiger charge is -2.56. The molecule has 5 rings (SSSR count). The minimum absolute atomic E-state index is 0.0414. The Hall–Kier alpha value is -2.20. The summed E-state index contributed by atoms with van der Waals surface area (Å²) >= 11 is 0. The standard InChI is InChI=1S/C20H24F4N4O2/c1-12-4-13(21)6-14(5-12)25-17(29)10-27-8-15-7-16(9-27)28(15)11-18(30)26-19(2-3-19)20(22,23)24/h4-6,15-16H,2-3,7-11H2,1H3,(H,25,29)(H,26,30). The molecule has 2 bridgehead atoms. The fourth-order valence-electron chi connectivity index (χ4n) is 4.45. The van der Waals surface area contributed by atoms with Crippen molar-refractivity contribution in [2.45, 2.75) is 50.0 Å². The molecule has 3 saturated heterocycles. The Morgan fingerprint density at radius 1 is 1.10 bits per heavy atom. The SMILES string of the molecule is Cc1cc(F)cc(NC(=O)CN2CC3CC(C2)N3CC(=O)NC2(C(F)(F)F)CC2)c1. The van der Waals surface area contributed by atoms with E-state index in [4.69, 9.17) is 0 Å². The maximum absolute atomic E-state index is 13.5. The molecule has 4 aliphatic rings. The highest BCUT2D eigenvalue weighted by Crippen LogP contribution is 2.49. The lowest BCUT2D eigenvalue weighted by molar-refractivity contribution is -0.172.